The van der Waals surface area contributed by atoms with Crippen LogP contribution in [0.1, 0.15) is 6.92 Å². The van der Waals surface area contributed by atoms with Gasteiger partial charge in [-0.25, -0.2) is 0 Å². The van der Waals surface area contributed by atoms with Gasteiger partial charge in [0, 0.05) is 18.9 Å². The van der Waals surface area contributed by atoms with Gasteiger partial charge >= 0.3 is 0 Å². The van der Waals surface area contributed by atoms with Crippen LogP contribution in [0.4, 0.5) is 0 Å². The van der Waals surface area contributed by atoms with Crippen LogP contribution in [0.15, 0.2) is 12.4 Å². The molecule has 0 radical (unpaired) electrons. The van der Waals surface area contributed by atoms with Gasteiger partial charge in [-0.2, -0.15) is 0 Å². The molecule has 2 N–H and O–H groups in total. The average Bonchev–Trinajstić information content (AvgIpc) is 2.36. The minimum absolute atomic E-state index is 0.983. The predicted molar refractivity (Wildman–Crippen MR) is 38.3 cm³/mol. The number of nitrogens with zero attached hydrogens (tertiary/aromatic N) is 2. The SMILES string of the molecule is CCN1C=CNC1.O=[N+]([O-])O. The molecule has 0 atom stereocenters. The number of nitrogens with one attached hydrogen (secondary N) is 1. The Hall–Kier alpha value is -1.46. The first kappa shape index (κ1) is 9.54. The highest BCUT2D eigenvalue weighted by atomic mass is 16.9. The third-order valence-corrected chi connectivity index (χ3v) is 1.10. The average molecular weight is 161 g/mol. The third-order valence-electron chi connectivity index (χ3n) is 1.10. The first-order valence-electron chi connectivity index (χ1n) is 3.14. The summed E-state index contributed by atoms with van der Waals surface area (Å²) in [6, 6.07) is 0. The molecule has 0 unspecified atom stereocenters. The van der Waals surface area contributed by atoms with Crippen LogP contribution in [-0.4, -0.2) is 28.4 Å². The van der Waals surface area contributed by atoms with Crippen molar-refractivity contribution in [3.8, 4) is 0 Å². The van der Waals surface area contributed by atoms with Crippen LogP contribution in [0.5, 0.6) is 0 Å². The Kier molecular flexibility index (Phi) is 4.63. The van der Waals surface area contributed by atoms with E-state index in [2.05, 4.69) is 23.3 Å². The maximum absolute atomic E-state index is 8.36. The van der Waals surface area contributed by atoms with Gasteiger partial charge in [-0.3, -0.25) is 0 Å². The highest BCUT2D eigenvalue weighted by molar-refractivity contribution is 4.85. The molecule has 0 aromatic carbocycles. The summed E-state index contributed by atoms with van der Waals surface area (Å²) in [5, 5.41) is 16.7. The third kappa shape index (κ3) is 6.42. The van der Waals surface area contributed by atoms with Crippen molar-refractivity contribution in [1.29, 1.82) is 0 Å². The summed E-state index contributed by atoms with van der Waals surface area (Å²) < 4.78 is 0. The number of rotatable bonds is 1. The summed E-state index contributed by atoms with van der Waals surface area (Å²) in [6.07, 6.45) is 4.02. The lowest BCUT2D eigenvalue weighted by Gasteiger charge is -2.08. The fourth-order valence-electron chi connectivity index (χ4n) is 0.598. The molecule has 1 aliphatic rings. The molecule has 0 aliphatic carbocycles. The summed E-state index contributed by atoms with van der Waals surface area (Å²) in [7, 11) is 0. The second-order valence-corrected chi connectivity index (χ2v) is 1.82. The predicted octanol–water partition coefficient (Wildman–Crippen LogP) is -0.00750. The Labute approximate surface area is 64.2 Å². The molecule has 0 bridgehead atoms. The second-order valence-electron chi connectivity index (χ2n) is 1.82. The first-order chi connectivity index (χ1) is 5.16. The van der Waals surface area contributed by atoms with Crippen molar-refractivity contribution in [2.45, 2.75) is 6.92 Å². The van der Waals surface area contributed by atoms with E-state index in [4.69, 9.17) is 15.3 Å². The summed E-state index contributed by atoms with van der Waals surface area (Å²) in [5.41, 5.74) is 0. The standard InChI is InChI=1S/C5H10N2.HNO3/c1-2-7-4-3-6-5-7;2-1(3)4/h3-4,6H,2,5H2,1H3;(H,2,3,4). The number of hydrogen-bond donors (Lipinski definition) is 2. The van der Waals surface area contributed by atoms with Gasteiger partial charge in [0.2, 0.25) is 0 Å². The molecule has 0 aromatic rings. The van der Waals surface area contributed by atoms with E-state index in [1.54, 1.807) is 0 Å². The fraction of sp³-hybridized carbons (Fsp3) is 0.600. The van der Waals surface area contributed by atoms with Crippen molar-refractivity contribution in [1.82, 2.24) is 10.2 Å². The molecular formula is C5H11N3O3. The van der Waals surface area contributed by atoms with Gasteiger partial charge in [0.25, 0.3) is 5.09 Å². The van der Waals surface area contributed by atoms with Crippen LogP contribution >= 0.6 is 0 Å². The van der Waals surface area contributed by atoms with Crippen molar-refractivity contribution in [3.63, 3.8) is 0 Å². The van der Waals surface area contributed by atoms with Crippen molar-refractivity contribution in [2.75, 3.05) is 13.2 Å². The molecule has 1 rings (SSSR count). The molecule has 64 valence electrons. The summed E-state index contributed by atoms with van der Waals surface area (Å²) >= 11 is 0. The first-order valence-corrected chi connectivity index (χ1v) is 3.14. The molecule has 0 aromatic heterocycles. The maximum Gasteiger partial charge on any atom is 0.291 e. The van der Waals surface area contributed by atoms with E-state index < -0.39 is 5.09 Å². The molecule has 6 nitrogen and oxygen atoms in total. The van der Waals surface area contributed by atoms with Gasteiger partial charge in [0.05, 0.1) is 6.67 Å². The molecule has 6 heteroatoms. The summed E-state index contributed by atoms with van der Waals surface area (Å²) in [6.45, 7) is 4.22. The van der Waals surface area contributed by atoms with Crippen LogP contribution in [-0.2, 0) is 0 Å². The Morgan fingerprint density at radius 2 is 2.45 bits per heavy atom. The van der Waals surface area contributed by atoms with Gasteiger partial charge in [-0.1, -0.05) is 0 Å². The lowest BCUT2D eigenvalue weighted by Crippen LogP contribution is -2.19. The smallest absolute Gasteiger partial charge is 0.291 e. The Morgan fingerprint density at radius 3 is 2.64 bits per heavy atom. The second kappa shape index (κ2) is 5.33. The molecule has 1 aliphatic heterocycles. The van der Waals surface area contributed by atoms with Gasteiger partial charge in [-0.15, -0.1) is 10.1 Å². The monoisotopic (exact) mass is 161 g/mol. The van der Waals surface area contributed by atoms with E-state index in [9.17, 15) is 0 Å². The van der Waals surface area contributed by atoms with Crippen molar-refractivity contribution >= 4 is 0 Å². The van der Waals surface area contributed by atoms with E-state index in [0.29, 0.717) is 0 Å². The van der Waals surface area contributed by atoms with E-state index in [1.165, 1.54) is 0 Å². The molecule has 11 heavy (non-hydrogen) atoms. The Morgan fingerprint density at radius 1 is 1.91 bits per heavy atom. The minimum Gasteiger partial charge on any atom is -0.373 e. The van der Waals surface area contributed by atoms with E-state index in [0.717, 1.165) is 13.2 Å². The van der Waals surface area contributed by atoms with Gasteiger partial charge in [-0.05, 0) is 6.92 Å². The van der Waals surface area contributed by atoms with Gasteiger partial charge in [0.15, 0.2) is 0 Å². The number of hydrogen-bond acceptors (Lipinski definition) is 4. The zero-order chi connectivity index (χ0) is 8.69. The highest BCUT2D eigenvalue weighted by Gasteiger charge is 1.95. The maximum atomic E-state index is 8.36. The summed E-state index contributed by atoms with van der Waals surface area (Å²) in [4.78, 5) is 10.6. The molecule has 0 spiro atoms. The molecule has 0 fully saturated rings. The van der Waals surface area contributed by atoms with E-state index in [-0.39, 0.29) is 0 Å². The fourth-order valence-corrected chi connectivity index (χ4v) is 0.598. The quantitative estimate of drug-likeness (QED) is 0.417. The van der Waals surface area contributed by atoms with Crippen molar-refractivity contribution < 1.29 is 10.3 Å². The van der Waals surface area contributed by atoms with Crippen LogP contribution in [0.25, 0.3) is 0 Å². The van der Waals surface area contributed by atoms with Crippen LogP contribution in [0.2, 0.25) is 0 Å². The molecule has 0 saturated heterocycles. The molecule has 0 amide bonds. The van der Waals surface area contributed by atoms with Crippen molar-refractivity contribution in [3.05, 3.63) is 22.5 Å². The van der Waals surface area contributed by atoms with Gasteiger partial charge in [0.1, 0.15) is 0 Å². The largest absolute Gasteiger partial charge is 0.373 e. The minimum atomic E-state index is -1.50. The van der Waals surface area contributed by atoms with E-state index in [1.807, 2.05) is 6.20 Å². The Bertz CT molecular complexity index is 144. The zero-order valence-corrected chi connectivity index (χ0v) is 6.23. The Balaban J connectivity index is 0.000000218. The van der Waals surface area contributed by atoms with Crippen molar-refractivity contribution in [2.24, 2.45) is 0 Å². The lowest BCUT2D eigenvalue weighted by molar-refractivity contribution is -0.742. The highest BCUT2D eigenvalue weighted by Crippen LogP contribution is 1.90. The zero-order valence-electron chi connectivity index (χ0n) is 6.23. The summed E-state index contributed by atoms with van der Waals surface area (Å²) in [5.74, 6) is 0. The molecule has 0 saturated carbocycles. The van der Waals surface area contributed by atoms with Crippen LogP contribution < -0.4 is 5.32 Å². The van der Waals surface area contributed by atoms with E-state index >= 15 is 0 Å². The topological polar surface area (TPSA) is 78.6 Å². The lowest BCUT2D eigenvalue weighted by atomic mass is 10.6. The molecule has 1 heterocycles. The van der Waals surface area contributed by atoms with Crippen LogP contribution in [0.3, 0.4) is 0 Å². The van der Waals surface area contributed by atoms with Crippen LogP contribution in [0, 0.1) is 10.1 Å². The molecular weight excluding hydrogens is 150 g/mol. The normalized spacial score (nSPS) is 13.4. The van der Waals surface area contributed by atoms with Gasteiger partial charge < -0.3 is 15.4 Å².